The van der Waals surface area contributed by atoms with Crippen molar-refractivity contribution in [3.63, 3.8) is 0 Å². The zero-order valence-corrected chi connectivity index (χ0v) is 16.6. The van der Waals surface area contributed by atoms with E-state index in [0.29, 0.717) is 12.3 Å². The van der Waals surface area contributed by atoms with Crippen molar-refractivity contribution < 1.29 is 9.53 Å². The number of hydrogen-bond donors (Lipinski definition) is 0. The number of aryl methyl sites for hydroxylation is 1. The van der Waals surface area contributed by atoms with Crippen LogP contribution in [0.25, 0.3) is 6.08 Å². The van der Waals surface area contributed by atoms with Crippen molar-refractivity contribution in [3.8, 4) is 6.07 Å². The van der Waals surface area contributed by atoms with Crippen LogP contribution in [-0.2, 0) is 16.1 Å². The molecule has 0 N–H and O–H groups in total. The lowest BCUT2D eigenvalue weighted by Crippen LogP contribution is -2.11. The average molecular weight is 383 g/mol. The Balaban J connectivity index is 2.09. The number of nitrogens with zero attached hydrogens (tertiary/aromatic N) is 2. The molecule has 1 aromatic heterocycles. The quantitative estimate of drug-likeness (QED) is 0.294. The lowest BCUT2D eigenvalue weighted by atomic mass is 10.1. The highest BCUT2D eigenvalue weighted by atomic mass is 35.5. The van der Waals surface area contributed by atoms with Gasteiger partial charge in [-0.25, -0.2) is 4.79 Å². The Labute approximate surface area is 159 Å². The van der Waals surface area contributed by atoms with E-state index in [2.05, 4.69) is 18.4 Å². The van der Waals surface area contributed by atoms with Crippen molar-refractivity contribution in [3.05, 3.63) is 28.6 Å². The topological polar surface area (TPSA) is 55.0 Å². The van der Waals surface area contributed by atoms with Crippen LogP contribution < -0.4 is 0 Å². The molecule has 0 amide bonds. The summed E-state index contributed by atoms with van der Waals surface area (Å²) < 4.78 is 6.60. The molecular weight excluding hydrogens is 359 g/mol. The Morgan fingerprint density at radius 3 is 2.68 bits per heavy atom. The summed E-state index contributed by atoms with van der Waals surface area (Å²) in [6.07, 6.45) is 3.27. The highest BCUT2D eigenvalue weighted by Crippen LogP contribution is 2.53. The van der Waals surface area contributed by atoms with Crippen LogP contribution in [0.1, 0.15) is 43.6 Å². The lowest BCUT2D eigenvalue weighted by molar-refractivity contribution is -0.138. The molecule has 1 heterocycles. The molecule has 0 aliphatic heterocycles. The average Bonchev–Trinajstić information content (AvgIpc) is 3.05. The molecule has 2 rings (SSSR count). The number of rotatable bonds is 7. The second-order valence-corrected chi connectivity index (χ2v) is 8.63. The normalized spacial score (nSPS) is 19.0. The first-order valence-corrected chi connectivity index (χ1v) is 9.24. The minimum absolute atomic E-state index is 0.0143. The minimum atomic E-state index is -0.794. The fraction of sp³-hybridized carbons (Fsp3) is 0.579. The maximum atomic E-state index is 12.1. The van der Waals surface area contributed by atoms with Crippen molar-refractivity contribution >= 4 is 35.2 Å². The summed E-state index contributed by atoms with van der Waals surface area (Å²) in [5, 5.41) is 9.31. The van der Waals surface area contributed by atoms with Crippen LogP contribution in [0.2, 0.25) is 0 Å². The zero-order valence-electron chi connectivity index (χ0n) is 15.1. The largest absolute Gasteiger partial charge is 0.461 e. The summed E-state index contributed by atoms with van der Waals surface area (Å²) in [6.45, 7) is 9.47. The molecule has 25 heavy (non-hydrogen) atoms. The second kappa shape index (κ2) is 7.85. The van der Waals surface area contributed by atoms with Gasteiger partial charge in [-0.05, 0) is 50.3 Å². The van der Waals surface area contributed by atoms with Gasteiger partial charge in [0.2, 0.25) is 0 Å². The van der Waals surface area contributed by atoms with Gasteiger partial charge < -0.3 is 9.30 Å². The maximum Gasteiger partial charge on any atom is 0.348 e. The third kappa shape index (κ3) is 5.03. The second-order valence-electron chi connectivity index (χ2n) is 7.09. The van der Waals surface area contributed by atoms with E-state index in [4.69, 9.17) is 27.9 Å². The molecule has 1 aliphatic rings. The van der Waals surface area contributed by atoms with Gasteiger partial charge in [-0.1, -0.05) is 13.8 Å². The van der Waals surface area contributed by atoms with Gasteiger partial charge in [0, 0.05) is 23.9 Å². The van der Waals surface area contributed by atoms with Crippen molar-refractivity contribution in [1.29, 1.82) is 5.26 Å². The summed E-state index contributed by atoms with van der Waals surface area (Å²) in [5.74, 6) is -0.0745. The van der Waals surface area contributed by atoms with E-state index < -0.39 is 10.3 Å². The van der Waals surface area contributed by atoms with Crippen molar-refractivity contribution in [2.75, 3.05) is 6.61 Å². The lowest BCUT2D eigenvalue weighted by Gasteiger charge is -2.11. The smallest absolute Gasteiger partial charge is 0.348 e. The van der Waals surface area contributed by atoms with Gasteiger partial charge in [0.25, 0.3) is 0 Å². The van der Waals surface area contributed by atoms with E-state index in [9.17, 15) is 10.1 Å². The first kappa shape index (κ1) is 19.9. The van der Waals surface area contributed by atoms with Crippen LogP contribution in [0.5, 0.6) is 0 Å². The fourth-order valence-electron chi connectivity index (χ4n) is 2.70. The van der Waals surface area contributed by atoms with Gasteiger partial charge in [-0.15, -0.1) is 23.2 Å². The molecule has 1 atom stereocenters. The SMILES string of the molecule is Cc1cc(/C=C(\C#N)C(=O)OCC2CC2(Cl)Cl)c(C)n1CCC(C)C. The summed E-state index contributed by atoms with van der Waals surface area (Å²) >= 11 is 11.8. The highest BCUT2D eigenvalue weighted by molar-refractivity contribution is 6.50. The van der Waals surface area contributed by atoms with Gasteiger partial charge in [-0.2, -0.15) is 5.26 Å². The first-order chi connectivity index (χ1) is 11.7. The molecule has 0 aromatic carbocycles. The molecule has 0 spiro atoms. The van der Waals surface area contributed by atoms with Crippen LogP contribution in [0, 0.1) is 37.0 Å². The van der Waals surface area contributed by atoms with Gasteiger partial charge in [0.1, 0.15) is 16.0 Å². The fourth-order valence-corrected chi connectivity index (χ4v) is 3.20. The molecule has 0 saturated heterocycles. The summed E-state index contributed by atoms with van der Waals surface area (Å²) in [6, 6.07) is 3.92. The molecule has 6 heteroatoms. The zero-order chi connectivity index (χ0) is 18.8. The Morgan fingerprint density at radius 2 is 2.16 bits per heavy atom. The van der Waals surface area contributed by atoms with Gasteiger partial charge in [0.05, 0.1) is 6.61 Å². The Bertz CT molecular complexity index is 727. The van der Waals surface area contributed by atoms with E-state index in [1.54, 1.807) is 6.08 Å². The molecule has 0 bridgehead atoms. The molecule has 136 valence electrons. The summed E-state index contributed by atoms with van der Waals surface area (Å²) in [5.41, 5.74) is 3.01. The summed E-state index contributed by atoms with van der Waals surface area (Å²) in [7, 11) is 0. The number of hydrogen-bond acceptors (Lipinski definition) is 3. The molecule has 1 aliphatic carbocycles. The number of halogens is 2. The third-order valence-electron chi connectivity index (χ3n) is 4.55. The van der Waals surface area contributed by atoms with Crippen LogP contribution in [-0.4, -0.2) is 21.5 Å². The molecule has 1 aromatic rings. The number of aromatic nitrogens is 1. The maximum absolute atomic E-state index is 12.1. The number of alkyl halides is 2. The van der Waals surface area contributed by atoms with Crippen LogP contribution in [0.4, 0.5) is 0 Å². The predicted octanol–water partition coefficient (Wildman–Crippen LogP) is 4.80. The van der Waals surface area contributed by atoms with E-state index in [1.807, 2.05) is 26.0 Å². The van der Waals surface area contributed by atoms with Crippen LogP contribution in [0.15, 0.2) is 11.6 Å². The molecule has 1 unspecified atom stereocenters. The number of ether oxygens (including phenoxy) is 1. The Kier molecular flexibility index (Phi) is 6.24. The van der Waals surface area contributed by atoms with Gasteiger partial charge >= 0.3 is 5.97 Å². The standard InChI is InChI=1S/C19H24Cl2N2O2/c1-12(2)5-6-23-13(3)7-15(14(23)4)8-16(10-22)18(24)25-11-17-9-19(17,20)21/h7-8,12,17H,5-6,9,11H2,1-4H3/b16-8+. The molecule has 1 fully saturated rings. The monoisotopic (exact) mass is 382 g/mol. The third-order valence-corrected chi connectivity index (χ3v) is 5.48. The number of esters is 1. The molecule has 4 nitrogen and oxygen atoms in total. The van der Waals surface area contributed by atoms with Crippen molar-refractivity contribution in [2.24, 2.45) is 11.8 Å². The van der Waals surface area contributed by atoms with Crippen LogP contribution >= 0.6 is 23.2 Å². The molecule has 0 radical (unpaired) electrons. The first-order valence-electron chi connectivity index (χ1n) is 8.49. The Hall–Kier alpha value is -1.44. The Morgan fingerprint density at radius 1 is 1.52 bits per heavy atom. The van der Waals surface area contributed by atoms with E-state index in [1.165, 1.54) is 0 Å². The van der Waals surface area contributed by atoms with Crippen molar-refractivity contribution in [2.45, 2.75) is 51.4 Å². The predicted molar refractivity (Wildman–Crippen MR) is 100 cm³/mol. The molecule has 1 saturated carbocycles. The van der Waals surface area contributed by atoms with Gasteiger partial charge in [-0.3, -0.25) is 0 Å². The van der Waals surface area contributed by atoms with E-state index in [-0.39, 0.29) is 18.1 Å². The van der Waals surface area contributed by atoms with Gasteiger partial charge in [0.15, 0.2) is 0 Å². The summed E-state index contributed by atoms with van der Waals surface area (Å²) in [4.78, 5) is 12.1. The molecular formula is C19H24Cl2N2O2. The van der Waals surface area contributed by atoms with Crippen LogP contribution in [0.3, 0.4) is 0 Å². The highest BCUT2D eigenvalue weighted by Gasteiger charge is 2.52. The number of carbonyl (C=O) groups is 1. The number of nitriles is 1. The van der Waals surface area contributed by atoms with E-state index >= 15 is 0 Å². The number of carbonyl (C=O) groups excluding carboxylic acids is 1. The van der Waals surface area contributed by atoms with E-state index in [0.717, 1.165) is 29.9 Å². The minimum Gasteiger partial charge on any atom is -0.461 e. The van der Waals surface area contributed by atoms with Crippen molar-refractivity contribution in [1.82, 2.24) is 4.57 Å².